The summed E-state index contributed by atoms with van der Waals surface area (Å²) < 4.78 is 0. The minimum Gasteiger partial charge on any atom is -0.316 e. The minimum absolute atomic E-state index is 0.0967. The molecule has 3 aromatic rings. The zero-order chi connectivity index (χ0) is 19.5. The first kappa shape index (κ1) is 18.5. The highest BCUT2D eigenvalue weighted by molar-refractivity contribution is 7.16. The number of hydrogen-bond acceptors (Lipinski definition) is 3. The van der Waals surface area contributed by atoms with Crippen molar-refractivity contribution in [1.29, 1.82) is 5.26 Å². The van der Waals surface area contributed by atoms with Crippen LogP contribution in [0.25, 0.3) is 0 Å². The highest BCUT2D eigenvalue weighted by atomic mass is 32.1. The molecule has 0 saturated carbocycles. The molecule has 1 N–H and O–H groups in total. The molecule has 0 unspecified atom stereocenters. The SMILES string of the molecule is C[C@@H]1CCc2sc(NC(=O)C(c3ccccc3)c3ccccc3)c(C#N)c2C1. The van der Waals surface area contributed by atoms with Gasteiger partial charge in [-0.2, -0.15) is 5.26 Å². The summed E-state index contributed by atoms with van der Waals surface area (Å²) >= 11 is 1.57. The average molecular weight is 387 g/mol. The molecule has 0 fully saturated rings. The number of thiophene rings is 1. The third kappa shape index (κ3) is 3.58. The summed E-state index contributed by atoms with van der Waals surface area (Å²) in [6.45, 7) is 2.22. The number of nitrogens with zero attached hydrogens (tertiary/aromatic N) is 1. The third-order valence-electron chi connectivity index (χ3n) is 5.38. The number of carbonyl (C=O) groups excluding carboxylic acids is 1. The maximum Gasteiger partial charge on any atom is 0.237 e. The standard InChI is InChI=1S/C24H22N2OS/c1-16-12-13-21-19(14-16)20(15-25)24(28-21)26-23(27)22(17-8-4-2-5-9-17)18-10-6-3-7-11-18/h2-11,16,22H,12-14H2,1H3,(H,26,27)/t16-/m1/s1. The van der Waals surface area contributed by atoms with Crippen LogP contribution < -0.4 is 5.32 Å². The Bertz CT molecular complexity index is 979. The lowest BCUT2D eigenvalue weighted by atomic mass is 9.88. The van der Waals surface area contributed by atoms with Crippen LogP contribution in [0.1, 0.15) is 46.4 Å². The second-order valence-electron chi connectivity index (χ2n) is 7.41. The molecule has 0 saturated heterocycles. The van der Waals surface area contributed by atoms with E-state index in [2.05, 4.69) is 18.3 Å². The molecule has 1 amide bonds. The Morgan fingerprint density at radius 2 is 1.71 bits per heavy atom. The van der Waals surface area contributed by atoms with E-state index in [-0.39, 0.29) is 5.91 Å². The van der Waals surface area contributed by atoms with Gasteiger partial charge in [0.2, 0.25) is 5.91 Å². The number of aryl methyl sites for hydroxylation is 1. The molecule has 1 aliphatic carbocycles. The van der Waals surface area contributed by atoms with Gasteiger partial charge in [0.1, 0.15) is 11.1 Å². The van der Waals surface area contributed by atoms with Crippen molar-refractivity contribution in [3.63, 3.8) is 0 Å². The fraction of sp³-hybridized carbons (Fsp3) is 0.250. The fourth-order valence-corrected chi connectivity index (χ4v) is 5.13. The molecule has 0 bridgehead atoms. The van der Waals surface area contributed by atoms with E-state index in [1.165, 1.54) is 4.88 Å². The van der Waals surface area contributed by atoms with Crippen molar-refractivity contribution in [2.24, 2.45) is 5.92 Å². The molecule has 1 aliphatic rings. The quantitative estimate of drug-likeness (QED) is 0.642. The number of rotatable bonds is 4. The molecule has 28 heavy (non-hydrogen) atoms. The van der Waals surface area contributed by atoms with Crippen LogP contribution in [0, 0.1) is 17.2 Å². The summed E-state index contributed by atoms with van der Waals surface area (Å²) in [5.41, 5.74) is 3.68. The molecule has 0 radical (unpaired) electrons. The summed E-state index contributed by atoms with van der Waals surface area (Å²) in [4.78, 5) is 14.6. The Balaban J connectivity index is 1.69. The van der Waals surface area contributed by atoms with E-state index in [1.54, 1.807) is 11.3 Å². The summed E-state index contributed by atoms with van der Waals surface area (Å²) in [5.74, 6) is 0.0756. The van der Waals surface area contributed by atoms with Gasteiger partial charge in [-0.25, -0.2) is 0 Å². The van der Waals surface area contributed by atoms with Crippen molar-refractivity contribution in [1.82, 2.24) is 0 Å². The molecule has 2 aromatic carbocycles. The Kier molecular flexibility index (Phi) is 5.27. The number of amides is 1. The Hall–Kier alpha value is -2.90. The second-order valence-corrected chi connectivity index (χ2v) is 8.52. The molecule has 0 spiro atoms. The van der Waals surface area contributed by atoms with Gasteiger partial charge in [-0.15, -0.1) is 11.3 Å². The molecular weight excluding hydrogens is 364 g/mol. The van der Waals surface area contributed by atoms with Crippen LogP contribution in [-0.2, 0) is 17.6 Å². The number of carbonyl (C=O) groups is 1. The molecule has 1 aromatic heterocycles. The molecule has 4 rings (SSSR count). The minimum atomic E-state index is -0.410. The van der Waals surface area contributed by atoms with E-state index >= 15 is 0 Å². The molecule has 1 atom stereocenters. The van der Waals surface area contributed by atoms with Crippen LogP contribution in [0.3, 0.4) is 0 Å². The van der Waals surface area contributed by atoms with Gasteiger partial charge in [0.05, 0.1) is 11.5 Å². The first-order valence-corrected chi connectivity index (χ1v) is 10.4. The van der Waals surface area contributed by atoms with Crippen LogP contribution in [0.15, 0.2) is 60.7 Å². The van der Waals surface area contributed by atoms with Crippen LogP contribution in [0.4, 0.5) is 5.00 Å². The predicted octanol–water partition coefficient (Wildman–Crippen LogP) is 5.52. The van der Waals surface area contributed by atoms with E-state index in [0.717, 1.165) is 36.0 Å². The highest BCUT2D eigenvalue weighted by Gasteiger charge is 2.28. The first-order valence-electron chi connectivity index (χ1n) is 9.62. The van der Waals surface area contributed by atoms with Crippen molar-refractivity contribution in [3.8, 4) is 6.07 Å². The zero-order valence-corrected chi connectivity index (χ0v) is 16.6. The first-order chi connectivity index (χ1) is 13.7. The number of nitrogens with one attached hydrogen (secondary N) is 1. The van der Waals surface area contributed by atoms with E-state index < -0.39 is 5.92 Å². The van der Waals surface area contributed by atoms with Crippen molar-refractivity contribution in [2.75, 3.05) is 5.32 Å². The van der Waals surface area contributed by atoms with E-state index in [1.807, 2.05) is 60.7 Å². The van der Waals surface area contributed by atoms with E-state index in [0.29, 0.717) is 16.5 Å². The van der Waals surface area contributed by atoms with Gasteiger partial charge in [-0.3, -0.25) is 4.79 Å². The van der Waals surface area contributed by atoms with Gasteiger partial charge < -0.3 is 5.32 Å². The Morgan fingerprint density at radius 3 is 2.29 bits per heavy atom. The lowest BCUT2D eigenvalue weighted by molar-refractivity contribution is -0.116. The second kappa shape index (κ2) is 8.00. The van der Waals surface area contributed by atoms with E-state index in [4.69, 9.17) is 0 Å². The Morgan fingerprint density at radius 1 is 1.11 bits per heavy atom. The maximum atomic E-state index is 13.3. The predicted molar refractivity (Wildman–Crippen MR) is 114 cm³/mol. The smallest absolute Gasteiger partial charge is 0.237 e. The molecule has 0 aliphatic heterocycles. The molecular formula is C24H22N2OS. The van der Waals surface area contributed by atoms with Crippen LogP contribution in [-0.4, -0.2) is 5.91 Å². The number of anilines is 1. The monoisotopic (exact) mass is 386 g/mol. The Labute approximate surface area is 169 Å². The molecule has 140 valence electrons. The van der Waals surface area contributed by atoms with Gasteiger partial charge >= 0.3 is 0 Å². The molecule has 3 nitrogen and oxygen atoms in total. The van der Waals surface area contributed by atoms with Crippen LogP contribution >= 0.6 is 11.3 Å². The maximum absolute atomic E-state index is 13.3. The van der Waals surface area contributed by atoms with Crippen molar-refractivity contribution >= 4 is 22.2 Å². The summed E-state index contributed by atoms with van der Waals surface area (Å²) in [6, 6.07) is 21.9. The van der Waals surface area contributed by atoms with Gasteiger partial charge in [-0.05, 0) is 41.9 Å². The van der Waals surface area contributed by atoms with Crippen LogP contribution in [0.2, 0.25) is 0 Å². The van der Waals surface area contributed by atoms with Crippen molar-refractivity contribution in [2.45, 2.75) is 32.1 Å². The lowest BCUT2D eigenvalue weighted by Crippen LogP contribution is -2.22. The van der Waals surface area contributed by atoms with Gasteiger partial charge in [0, 0.05) is 4.88 Å². The lowest BCUT2D eigenvalue weighted by Gasteiger charge is -2.18. The van der Waals surface area contributed by atoms with Crippen molar-refractivity contribution < 1.29 is 4.79 Å². The molecule has 1 heterocycles. The van der Waals surface area contributed by atoms with Gasteiger partial charge in [0.15, 0.2) is 0 Å². The number of benzene rings is 2. The molecule has 4 heteroatoms. The zero-order valence-electron chi connectivity index (χ0n) is 15.8. The van der Waals surface area contributed by atoms with Gasteiger partial charge in [-0.1, -0.05) is 67.6 Å². The van der Waals surface area contributed by atoms with Gasteiger partial charge in [0.25, 0.3) is 0 Å². The largest absolute Gasteiger partial charge is 0.316 e. The summed E-state index contributed by atoms with van der Waals surface area (Å²) in [7, 11) is 0. The van der Waals surface area contributed by atoms with Crippen molar-refractivity contribution in [3.05, 3.63) is 87.8 Å². The third-order valence-corrected chi connectivity index (χ3v) is 6.59. The highest BCUT2D eigenvalue weighted by Crippen LogP contribution is 2.40. The normalized spacial score (nSPS) is 15.7. The average Bonchev–Trinajstić information content (AvgIpc) is 3.05. The van der Waals surface area contributed by atoms with Crippen LogP contribution in [0.5, 0.6) is 0 Å². The topological polar surface area (TPSA) is 52.9 Å². The van der Waals surface area contributed by atoms with E-state index in [9.17, 15) is 10.1 Å². The summed E-state index contributed by atoms with van der Waals surface area (Å²) in [6.07, 6.45) is 3.06. The number of fused-ring (bicyclic) bond motifs is 1. The number of hydrogen-bond donors (Lipinski definition) is 1. The fourth-order valence-electron chi connectivity index (χ4n) is 3.93. The summed E-state index contributed by atoms with van der Waals surface area (Å²) in [5, 5.41) is 13.5. The number of nitriles is 1.